The van der Waals surface area contributed by atoms with Crippen LogP contribution in [0.2, 0.25) is 0 Å². The smallest absolute Gasteiger partial charge is 0.387 e. The number of rotatable bonds is 7. The van der Waals surface area contributed by atoms with Crippen LogP contribution in [0.4, 0.5) is 8.78 Å². The second-order valence-electron chi connectivity index (χ2n) is 4.97. The fourth-order valence-corrected chi connectivity index (χ4v) is 2.16. The molecule has 0 aliphatic rings. The maximum absolute atomic E-state index is 12.3. The number of allylic oxidation sites excluding steroid dienone is 1. The Morgan fingerprint density at radius 3 is 2.71 bits per heavy atom. The summed E-state index contributed by atoms with van der Waals surface area (Å²) in [6.45, 7) is 1.46. The van der Waals surface area contributed by atoms with Crippen LogP contribution in [-0.4, -0.2) is 29.3 Å². The number of hydrogen-bond donors (Lipinski definition) is 0. The predicted molar refractivity (Wildman–Crippen MR) is 85.6 cm³/mol. The lowest BCUT2D eigenvalue weighted by molar-refractivity contribution is -0.0512. The molecule has 0 atom stereocenters. The number of halogens is 2. The van der Waals surface area contributed by atoms with Gasteiger partial charge in [0.05, 0.1) is 18.4 Å². The van der Waals surface area contributed by atoms with E-state index in [4.69, 9.17) is 4.74 Å². The second kappa shape index (κ2) is 7.72. The molecule has 24 heavy (non-hydrogen) atoms. The third-order valence-corrected chi connectivity index (χ3v) is 3.37. The van der Waals surface area contributed by atoms with Gasteiger partial charge >= 0.3 is 6.61 Å². The van der Waals surface area contributed by atoms with E-state index in [1.807, 2.05) is 6.92 Å². The van der Waals surface area contributed by atoms with Crippen molar-refractivity contribution in [1.29, 1.82) is 0 Å². The zero-order chi connectivity index (χ0) is 17.7. The van der Waals surface area contributed by atoms with Gasteiger partial charge in [-0.25, -0.2) is 0 Å². The monoisotopic (exact) mass is 336 g/mol. The highest BCUT2D eigenvalue weighted by atomic mass is 19.3. The Balaban J connectivity index is 2.18. The molecule has 2 aromatic rings. The zero-order valence-electron chi connectivity index (χ0n) is 13.6. The summed E-state index contributed by atoms with van der Waals surface area (Å²) in [5.41, 5.74) is 1.81. The van der Waals surface area contributed by atoms with Crippen molar-refractivity contribution in [2.24, 2.45) is 0 Å². The van der Waals surface area contributed by atoms with Crippen molar-refractivity contribution in [1.82, 2.24) is 9.78 Å². The highest BCUT2D eigenvalue weighted by Gasteiger charge is 2.12. The number of methoxy groups -OCH3 is 1. The molecule has 1 aromatic carbocycles. The van der Waals surface area contributed by atoms with Gasteiger partial charge in [0.2, 0.25) is 0 Å². The first-order valence-corrected chi connectivity index (χ1v) is 7.34. The van der Waals surface area contributed by atoms with Gasteiger partial charge in [-0.05, 0) is 37.6 Å². The van der Waals surface area contributed by atoms with E-state index in [-0.39, 0.29) is 17.3 Å². The minimum absolute atomic E-state index is 0.0592. The standard InChI is InChI=1S/C17H18F2N2O3/c1-4-21-10-13(11(2)20-21)14(22)7-5-12-6-8-15(24-17(18)19)16(9-12)23-3/h5-10,17H,4H2,1-3H3/b7-5+. The summed E-state index contributed by atoms with van der Waals surface area (Å²) in [6, 6.07) is 4.45. The lowest BCUT2D eigenvalue weighted by Gasteiger charge is -2.10. The normalized spacial score (nSPS) is 11.2. The van der Waals surface area contributed by atoms with E-state index in [1.165, 1.54) is 25.3 Å². The van der Waals surface area contributed by atoms with Crippen LogP contribution in [0, 0.1) is 6.92 Å². The highest BCUT2D eigenvalue weighted by Crippen LogP contribution is 2.29. The Kier molecular flexibility index (Phi) is 5.68. The SMILES string of the molecule is CCn1cc(C(=O)/C=C/c2ccc(OC(F)F)c(OC)c2)c(C)n1. The molecule has 1 aromatic heterocycles. The maximum Gasteiger partial charge on any atom is 0.387 e. The van der Waals surface area contributed by atoms with Crippen molar-refractivity contribution in [3.63, 3.8) is 0 Å². The molecule has 0 fully saturated rings. The number of aromatic nitrogens is 2. The summed E-state index contributed by atoms with van der Waals surface area (Å²) < 4.78 is 35.7. The topological polar surface area (TPSA) is 53.4 Å². The zero-order valence-corrected chi connectivity index (χ0v) is 13.6. The van der Waals surface area contributed by atoms with E-state index in [1.54, 1.807) is 29.9 Å². The molecule has 5 nitrogen and oxygen atoms in total. The molecule has 2 rings (SSSR count). The third-order valence-electron chi connectivity index (χ3n) is 3.37. The number of ether oxygens (including phenoxy) is 2. The Labute approximate surface area is 138 Å². The quantitative estimate of drug-likeness (QED) is 0.571. The van der Waals surface area contributed by atoms with Gasteiger partial charge in [0.25, 0.3) is 0 Å². The van der Waals surface area contributed by atoms with Gasteiger partial charge in [-0.15, -0.1) is 0 Å². The fourth-order valence-electron chi connectivity index (χ4n) is 2.16. The minimum Gasteiger partial charge on any atom is -0.493 e. The van der Waals surface area contributed by atoms with Crippen LogP contribution < -0.4 is 9.47 Å². The van der Waals surface area contributed by atoms with E-state index in [0.29, 0.717) is 23.4 Å². The van der Waals surface area contributed by atoms with Crippen molar-refractivity contribution >= 4 is 11.9 Å². The molecule has 0 saturated heterocycles. The number of nitrogens with zero attached hydrogens (tertiary/aromatic N) is 2. The number of alkyl halides is 2. The summed E-state index contributed by atoms with van der Waals surface area (Å²) in [5, 5.41) is 4.23. The largest absolute Gasteiger partial charge is 0.493 e. The molecule has 0 saturated carbocycles. The van der Waals surface area contributed by atoms with Crippen molar-refractivity contribution in [2.75, 3.05) is 7.11 Å². The molecule has 128 valence electrons. The average molecular weight is 336 g/mol. The minimum atomic E-state index is -2.93. The van der Waals surface area contributed by atoms with E-state index >= 15 is 0 Å². The van der Waals surface area contributed by atoms with Gasteiger partial charge in [-0.3, -0.25) is 9.48 Å². The molecular weight excluding hydrogens is 318 g/mol. The van der Waals surface area contributed by atoms with Gasteiger partial charge < -0.3 is 9.47 Å². The average Bonchev–Trinajstić information content (AvgIpc) is 2.94. The molecule has 0 aliphatic heterocycles. The molecule has 0 spiro atoms. The molecule has 0 radical (unpaired) electrons. The predicted octanol–water partition coefficient (Wildman–Crippen LogP) is 3.72. The van der Waals surface area contributed by atoms with Crippen LogP contribution in [0.1, 0.15) is 28.5 Å². The highest BCUT2D eigenvalue weighted by molar-refractivity contribution is 6.07. The Bertz CT molecular complexity index is 754. The van der Waals surface area contributed by atoms with Gasteiger partial charge in [-0.2, -0.15) is 13.9 Å². The molecule has 0 unspecified atom stereocenters. The number of hydrogen-bond acceptors (Lipinski definition) is 4. The lowest BCUT2D eigenvalue weighted by Crippen LogP contribution is -2.03. The number of aryl methyl sites for hydroxylation is 2. The molecule has 0 aliphatic carbocycles. The van der Waals surface area contributed by atoms with Crippen molar-refractivity contribution in [3.05, 3.63) is 47.3 Å². The van der Waals surface area contributed by atoms with Crippen LogP contribution in [0.25, 0.3) is 6.08 Å². The van der Waals surface area contributed by atoms with E-state index in [9.17, 15) is 13.6 Å². The number of ketones is 1. The third kappa shape index (κ3) is 4.18. The van der Waals surface area contributed by atoms with Crippen LogP contribution in [-0.2, 0) is 6.54 Å². The molecule has 0 N–H and O–H groups in total. The first-order chi connectivity index (χ1) is 11.4. The summed E-state index contributed by atoms with van der Waals surface area (Å²) in [4.78, 5) is 12.2. The molecule has 7 heteroatoms. The van der Waals surface area contributed by atoms with Gasteiger partial charge in [0.1, 0.15) is 0 Å². The number of carbonyl (C=O) groups excluding carboxylic acids is 1. The van der Waals surface area contributed by atoms with Crippen molar-refractivity contribution in [3.8, 4) is 11.5 Å². The van der Waals surface area contributed by atoms with Crippen molar-refractivity contribution < 1.29 is 23.0 Å². The number of benzene rings is 1. The molecule has 0 bridgehead atoms. The van der Waals surface area contributed by atoms with Crippen LogP contribution in [0.15, 0.2) is 30.5 Å². The Morgan fingerprint density at radius 1 is 1.38 bits per heavy atom. The second-order valence-corrected chi connectivity index (χ2v) is 4.97. The van der Waals surface area contributed by atoms with E-state index < -0.39 is 6.61 Å². The first-order valence-electron chi connectivity index (χ1n) is 7.34. The first kappa shape index (κ1) is 17.7. The summed E-state index contributed by atoms with van der Waals surface area (Å²) in [6.07, 6.45) is 4.69. The Morgan fingerprint density at radius 2 is 2.12 bits per heavy atom. The van der Waals surface area contributed by atoms with Crippen LogP contribution >= 0.6 is 0 Å². The van der Waals surface area contributed by atoms with Gasteiger partial charge in [0.15, 0.2) is 17.3 Å². The van der Waals surface area contributed by atoms with E-state index in [2.05, 4.69) is 9.84 Å². The summed E-state index contributed by atoms with van der Waals surface area (Å²) in [5.74, 6) is -0.0741. The maximum atomic E-state index is 12.3. The van der Waals surface area contributed by atoms with Crippen molar-refractivity contribution in [2.45, 2.75) is 27.0 Å². The summed E-state index contributed by atoms with van der Waals surface area (Å²) >= 11 is 0. The summed E-state index contributed by atoms with van der Waals surface area (Å²) in [7, 11) is 1.36. The van der Waals surface area contributed by atoms with Gasteiger partial charge in [0, 0.05) is 12.7 Å². The molecule has 0 amide bonds. The van der Waals surface area contributed by atoms with Gasteiger partial charge in [-0.1, -0.05) is 12.1 Å². The Hall–Kier alpha value is -2.70. The van der Waals surface area contributed by atoms with E-state index in [0.717, 1.165) is 0 Å². The van der Waals surface area contributed by atoms with Crippen LogP contribution in [0.3, 0.4) is 0 Å². The lowest BCUT2D eigenvalue weighted by atomic mass is 10.1. The fraction of sp³-hybridized carbons (Fsp3) is 0.294. The number of carbonyl (C=O) groups is 1. The molecular formula is C17H18F2N2O3. The molecule has 1 heterocycles. The van der Waals surface area contributed by atoms with Crippen LogP contribution in [0.5, 0.6) is 11.5 Å².